The Morgan fingerprint density at radius 2 is 1.96 bits per heavy atom. The van der Waals surface area contributed by atoms with Crippen molar-refractivity contribution in [3.05, 3.63) is 24.3 Å². The molecule has 1 heterocycles. The topological polar surface area (TPSA) is 112 Å². The summed E-state index contributed by atoms with van der Waals surface area (Å²) in [5, 5.41) is 13.2. The average molecular weight is 320 g/mol. The van der Waals surface area contributed by atoms with Crippen LogP contribution in [0.4, 0.5) is 11.4 Å². The van der Waals surface area contributed by atoms with Gasteiger partial charge in [0, 0.05) is 43.6 Å². The summed E-state index contributed by atoms with van der Waals surface area (Å²) in [7, 11) is 0. The summed E-state index contributed by atoms with van der Waals surface area (Å²) in [5.41, 5.74) is 13.6. The first-order chi connectivity index (χ1) is 11.1. The maximum Gasteiger partial charge on any atom is 0.185 e. The van der Waals surface area contributed by atoms with Gasteiger partial charge in [0.15, 0.2) is 5.96 Å². The van der Waals surface area contributed by atoms with Gasteiger partial charge in [-0.2, -0.15) is 0 Å². The third-order valence-electron chi connectivity index (χ3n) is 3.88. The summed E-state index contributed by atoms with van der Waals surface area (Å²) >= 11 is 0. The Morgan fingerprint density at radius 1 is 1.26 bits per heavy atom. The summed E-state index contributed by atoms with van der Waals surface area (Å²) < 4.78 is 5.37. The predicted molar refractivity (Wildman–Crippen MR) is 95.1 cm³/mol. The van der Waals surface area contributed by atoms with E-state index in [4.69, 9.17) is 21.6 Å². The lowest BCUT2D eigenvalue weighted by molar-refractivity contribution is 0.122. The van der Waals surface area contributed by atoms with Gasteiger partial charge in [0.2, 0.25) is 0 Å². The predicted octanol–water partition coefficient (Wildman–Crippen LogP) is 0.526. The van der Waals surface area contributed by atoms with Crippen LogP contribution in [0.15, 0.2) is 24.3 Å². The first-order valence-electron chi connectivity index (χ1n) is 8.15. The highest BCUT2D eigenvalue weighted by atomic mass is 16.5. The molecule has 7 heteroatoms. The Labute approximate surface area is 137 Å². The number of anilines is 2. The van der Waals surface area contributed by atoms with Gasteiger partial charge in [-0.3, -0.25) is 5.41 Å². The van der Waals surface area contributed by atoms with Crippen LogP contribution in [0.5, 0.6) is 0 Å². The van der Waals surface area contributed by atoms with E-state index in [2.05, 4.69) is 39.8 Å². The van der Waals surface area contributed by atoms with Gasteiger partial charge in [0.25, 0.3) is 0 Å². The number of ether oxygens (including phenoxy) is 1. The SMILES string of the molecule is N=C(N)NCCC[C@H](N)CNc1ccc(N2CCOCC2)cc1. The highest BCUT2D eigenvalue weighted by Gasteiger charge is 2.10. The molecule has 23 heavy (non-hydrogen) atoms. The van der Waals surface area contributed by atoms with Crippen molar-refractivity contribution >= 4 is 17.3 Å². The van der Waals surface area contributed by atoms with Crippen LogP contribution in [0.3, 0.4) is 0 Å². The molecule has 0 amide bonds. The quantitative estimate of drug-likeness (QED) is 0.271. The van der Waals surface area contributed by atoms with Crippen LogP contribution in [0.25, 0.3) is 0 Å². The highest BCUT2D eigenvalue weighted by Crippen LogP contribution is 2.19. The second kappa shape index (κ2) is 9.22. The van der Waals surface area contributed by atoms with Crippen molar-refractivity contribution in [2.75, 3.05) is 49.6 Å². The molecule has 1 fully saturated rings. The maximum atomic E-state index is 7.08. The maximum absolute atomic E-state index is 7.08. The van der Waals surface area contributed by atoms with E-state index >= 15 is 0 Å². The fourth-order valence-corrected chi connectivity index (χ4v) is 2.55. The zero-order valence-corrected chi connectivity index (χ0v) is 13.6. The van der Waals surface area contributed by atoms with E-state index in [1.807, 2.05) is 0 Å². The number of hydrogen-bond donors (Lipinski definition) is 5. The number of nitrogens with two attached hydrogens (primary N) is 2. The minimum Gasteiger partial charge on any atom is -0.383 e. The van der Waals surface area contributed by atoms with Gasteiger partial charge in [-0.15, -0.1) is 0 Å². The van der Waals surface area contributed by atoms with Crippen molar-refractivity contribution in [1.29, 1.82) is 5.41 Å². The van der Waals surface area contributed by atoms with Crippen molar-refractivity contribution in [1.82, 2.24) is 5.32 Å². The Bertz CT molecular complexity index is 472. The molecule has 0 spiro atoms. The Kier molecular flexibility index (Phi) is 6.96. The van der Waals surface area contributed by atoms with Crippen LogP contribution in [0.1, 0.15) is 12.8 Å². The number of rotatable bonds is 8. The van der Waals surface area contributed by atoms with Crippen LogP contribution in [0, 0.1) is 5.41 Å². The van der Waals surface area contributed by atoms with Crippen molar-refractivity contribution < 1.29 is 4.74 Å². The van der Waals surface area contributed by atoms with Crippen LogP contribution in [-0.2, 0) is 4.74 Å². The molecule has 0 aliphatic carbocycles. The number of benzene rings is 1. The van der Waals surface area contributed by atoms with Gasteiger partial charge in [0.1, 0.15) is 0 Å². The lowest BCUT2D eigenvalue weighted by Crippen LogP contribution is -2.36. The van der Waals surface area contributed by atoms with Crippen LogP contribution < -0.4 is 27.0 Å². The van der Waals surface area contributed by atoms with E-state index < -0.39 is 0 Å². The largest absolute Gasteiger partial charge is 0.383 e. The molecule has 1 aliphatic heterocycles. The second-order valence-electron chi connectivity index (χ2n) is 5.77. The van der Waals surface area contributed by atoms with E-state index in [1.165, 1.54) is 5.69 Å². The minimum atomic E-state index is 0.0112. The zero-order valence-electron chi connectivity index (χ0n) is 13.6. The molecule has 1 atom stereocenters. The first kappa shape index (κ1) is 17.4. The summed E-state index contributed by atoms with van der Waals surface area (Å²) in [6, 6.07) is 8.54. The molecule has 0 unspecified atom stereocenters. The fourth-order valence-electron chi connectivity index (χ4n) is 2.55. The van der Waals surface area contributed by atoms with E-state index in [1.54, 1.807) is 0 Å². The van der Waals surface area contributed by atoms with Crippen LogP contribution >= 0.6 is 0 Å². The van der Waals surface area contributed by atoms with E-state index in [0.717, 1.165) is 51.4 Å². The van der Waals surface area contributed by atoms with E-state index in [0.29, 0.717) is 6.54 Å². The van der Waals surface area contributed by atoms with Gasteiger partial charge >= 0.3 is 0 Å². The molecule has 1 aliphatic rings. The molecule has 0 saturated carbocycles. The van der Waals surface area contributed by atoms with Gasteiger partial charge in [-0.1, -0.05) is 0 Å². The lowest BCUT2D eigenvalue weighted by Gasteiger charge is -2.29. The average Bonchev–Trinajstić information content (AvgIpc) is 2.58. The number of nitrogens with zero attached hydrogens (tertiary/aromatic N) is 1. The second-order valence-corrected chi connectivity index (χ2v) is 5.77. The van der Waals surface area contributed by atoms with Gasteiger partial charge in [-0.05, 0) is 37.1 Å². The fraction of sp³-hybridized carbons (Fsp3) is 0.562. The Morgan fingerprint density at radius 3 is 2.61 bits per heavy atom. The van der Waals surface area contributed by atoms with Gasteiger partial charge < -0.3 is 31.7 Å². The third kappa shape index (κ3) is 6.33. The highest BCUT2D eigenvalue weighted by molar-refractivity contribution is 5.74. The van der Waals surface area contributed by atoms with Crippen LogP contribution in [-0.4, -0.2) is 51.4 Å². The van der Waals surface area contributed by atoms with Crippen molar-refractivity contribution in [2.45, 2.75) is 18.9 Å². The number of morpholine rings is 1. The monoisotopic (exact) mass is 320 g/mol. The van der Waals surface area contributed by atoms with E-state index in [-0.39, 0.29) is 12.0 Å². The normalized spacial score (nSPS) is 16.0. The van der Waals surface area contributed by atoms with Gasteiger partial charge in [0.05, 0.1) is 13.2 Å². The zero-order chi connectivity index (χ0) is 16.5. The first-order valence-corrected chi connectivity index (χ1v) is 8.15. The molecule has 1 aromatic rings. The molecule has 1 aromatic carbocycles. The minimum absolute atomic E-state index is 0.0112. The molecule has 2 rings (SSSR count). The smallest absolute Gasteiger partial charge is 0.185 e. The molecule has 0 bridgehead atoms. The summed E-state index contributed by atoms with van der Waals surface area (Å²) in [6.45, 7) is 4.92. The summed E-state index contributed by atoms with van der Waals surface area (Å²) in [5.74, 6) is 0.0112. The molecule has 0 aromatic heterocycles. The Hall–Kier alpha value is -1.99. The molecule has 128 valence electrons. The van der Waals surface area contributed by atoms with E-state index in [9.17, 15) is 0 Å². The molecule has 0 radical (unpaired) electrons. The molecular formula is C16H28N6O. The number of guanidine groups is 1. The van der Waals surface area contributed by atoms with Crippen LogP contribution in [0.2, 0.25) is 0 Å². The lowest BCUT2D eigenvalue weighted by atomic mass is 10.1. The van der Waals surface area contributed by atoms with Gasteiger partial charge in [-0.25, -0.2) is 0 Å². The standard InChI is InChI=1S/C16H28N6O/c17-13(2-1-7-20-16(18)19)12-21-14-3-5-15(6-4-14)22-8-10-23-11-9-22/h3-6,13,21H,1-2,7-12,17H2,(H4,18,19,20)/t13-/m0/s1. The summed E-state index contributed by atoms with van der Waals surface area (Å²) in [6.07, 6.45) is 1.79. The van der Waals surface area contributed by atoms with Crippen molar-refractivity contribution in [3.8, 4) is 0 Å². The molecular weight excluding hydrogens is 292 g/mol. The molecule has 1 saturated heterocycles. The van der Waals surface area contributed by atoms with Crippen molar-refractivity contribution in [2.24, 2.45) is 11.5 Å². The Balaban J connectivity index is 1.68. The molecule has 7 N–H and O–H groups in total. The van der Waals surface area contributed by atoms with Crippen molar-refractivity contribution in [3.63, 3.8) is 0 Å². The number of nitrogens with one attached hydrogen (secondary N) is 3. The third-order valence-corrected chi connectivity index (χ3v) is 3.88. The number of hydrogen-bond acceptors (Lipinski definition) is 5. The molecule has 7 nitrogen and oxygen atoms in total. The summed E-state index contributed by atoms with van der Waals surface area (Å²) in [4.78, 5) is 2.33.